The Morgan fingerprint density at radius 2 is 1.86 bits per heavy atom. The van der Waals surface area contributed by atoms with Crippen LogP contribution in [0.3, 0.4) is 0 Å². The Balaban J connectivity index is 1.80. The lowest BCUT2D eigenvalue weighted by molar-refractivity contribution is 0.139. The highest BCUT2D eigenvalue weighted by atomic mass is 35.5. The maximum absolute atomic E-state index is 14.5. The molecule has 0 aliphatic heterocycles. The van der Waals surface area contributed by atoms with Crippen molar-refractivity contribution in [3.05, 3.63) is 70.0 Å². The van der Waals surface area contributed by atoms with Gasteiger partial charge in [0.2, 0.25) is 0 Å². The van der Waals surface area contributed by atoms with Gasteiger partial charge in [0, 0.05) is 6.54 Å². The van der Waals surface area contributed by atoms with Gasteiger partial charge in [0.1, 0.15) is 14.7 Å². The van der Waals surface area contributed by atoms with E-state index in [9.17, 15) is 9.18 Å². The molecule has 0 aromatic heterocycles. The van der Waals surface area contributed by atoms with Crippen molar-refractivity contribution in [2.75, 3.05) is 6.54 Å². The van der Waals surface area contributed by atoms with Gasteiger partial charge in [-0.05, 0) is 36.5 Å². The molecule has 0 aliphatic carbocycles. The van der Waals surface area contributed by atoms with Crippen molar-refractivity contribution in [2.45, 2.75) is 45.5 Å². The number of benzene rings is 2. The molecule has 0 aliphatic rings. The quantitative estimate of drug-likeness (QED) is 0.334. The van der Waals surface area contributed by atoms with Gasteiger partial charge < -0.3 is 10.1 Å². The molecule has 0 fully saturated rings. The first kappa shape index (κ1) is 23.0. The number of nitrogens with one attached hydrogen (secondary N) is 1. The van der Waals surface area contributed by atoms with Crippen LogP contribution in [0.5, 0.6) is 0 Å². The minimum absolute atomic E-state index is 0.0939. The van der Waals surface area contributed by atoms with E-state index in [0.717, 1.165) is 24.0 Å². The Bertz CT molecular complexity index is 885. The number of aryl methyl sites for hydroxylation is 1. The van der Waals surface area contributed by atoms with Crippen LogP contribution in [0, 0.1) is 17.3 Å². The molecule has 0 atom stereocenters. The van der Waals surface area contributed by atoms with Crippen LogP contribution in [0.4, 0.5) is 9.18 Å². The number of hydrogen-bond donors (Lipinski definition) is 1. The summed E-state index contributed by atoms with van der Waals surface area (Å²) in [6.07, 6.45) is 1.78. The molecule has 154 valence electrons. The molecule has 0 radical (unpaired) electrons. The van der Waals surface area contributed by atoms with Crippen molar-refractivity contribution in [1.29, 1.82) is 0 Å². The molecule has 29 heavy (non-hydrogen) atoms. The van der Waals surface area contributed by atoms with Crippen LogP contribution >= 0.6 is 11.6 Å². The van der Waals surface area contributed by atoms with Crippen LogP contribution < -0.4 is 5.32 Å². The highest BCUT2D eigenvalue weighted by Crippen LogP contribution is 2.23. The Morgan fingerprint density at radius 3 is 2.55 bits per heavy atom. The van der Waals surface area contributed by atoms with Crippen LogP contribution in [0.1, 0.15) is 29.5 Å². The predicted octanol–water partition coefficient (Wildman–Crippen LogP) is 5.96. The molecule has 0 bridgehead atoms. The molecule has 0 saturated carbocycles. The van der Waals surface area contributed by atoms with Crippen molar-refractivity contribution in [3.63, 3.8) is 0 Å². The molecule has 0 heterocycles. The van der Waals surface area contributed by atoms with Gasteiger partial charge in [-0.3, -0.25) is 0 Å². The first-order chi connectivity index (χ1) is 13.8. The van der Waals surface area contributed by atoms with Crippen molar-refractivity contribution < 1.29 is 13.9 Å². The maximum Gasteiger partial charge on any atom is 0.407 e. The number of unbranched alkanes of at least 4 members (excludes halogenated alkanes) is 1. The lowest BCUT2D eigenvalue weighted by Crippen LogP contribution is -2.25. The minimum atomic E-state index is -1.62. The lowest BCUT2D eigenvalue weighted by Gasteiger charge is -2.10. The Labute approximate surface area is 178 Å². The van der Waals surface area contributed by atoms with Gasteiger partial charge in [-0.2, -0.15) is 0 Å². The van der Waals surface area contributed by atoms with Crippen LogP contribution in [0.2, 0.25) is 24.7 Å². The van der Waals surface area contributed by atoms with Gasteiger partial charge in [0.25, 0.3) is 0 Å². The molecule has 0 spiro atoms. The van der Waals surface area contributed by atoms with Gasteiger partial charge in [-0.15, -0.1) is 5.54 Å². The normalized spacial score (nSPS) is 10.8. The van der Waals surface area contributed by atoms with Gasteiger partial charge in [-0.1, -0.05) is 73.6 Å². The highest BCUT2D eigenvalue weighted by Gasteiger charge is 2.13. The summed E-state index contributed by atoms with van der Waals surface area (Å²) in [4.78, 5) is 11.8. The maximum atomic E-state index is 14.5. The summed E-state index contributed by atoms with van der Waals surface area (Å²) < 4.78 is 19.6. The van der Waals surface area contributed by atoms with E-state index >= 15 is 0 Å². The number of hydrogen-bond acceptors (Lipinski definition) is 2. The number of ether oxygens (including phenoxy) is 1. The second-order valence-electron chi connectivity index (χ2n) is 7.84. The van der Waals surface area contributed by atoms with Crippen molar-refractivity contribution >= 4 is 25.8 Å². The molecular formula is C23H27ClFNO2Si. The minimum Gasteiger partial charge on any atom is -0.445 e. The number of amides is 1. The first-order valence-corrected chi connectivity index (χ1v) is 13.6. The van der Waals surface area contributed by atoms with E-state index in [4.69, 9.17) is 16.3 Å². The summed E-state index contributed by atoms with van der Waals surface area (Å²) in [5, 5.41) is 2.83. The van der Waals surface area contributed by atoms with Crippen molar-refractivity contribution in [1.82, 2.24) is 5.32 Å². The molecule has 2 aromatic carbocycles. The fourth-order valence-electron chi connectivity index (χ4n) is 2.59. The highest BCUT2D eigenvalue weighted by molar-refractivity contribution is 6.83. The monoisotopic (exact) mass is 431 g/mol. The molecule has 2 rings (SSSR count). The van der Waals surface area contributed by atoms with Crippen molar-refractivity contribution in [3.8, 4) is 11.5 Å². The number of alkyl carbamates (subject to hydrolysis) is 1. The Morgan fingerprint density at radius 1 is 1.14 bits per heavy atom. The zero-order chi connectivity index (χ0) is 21.3. The summed E-state index contributed by atoms with van der Waals surface area (Å²) in [5.74, 6) is 2.57. The number of halogens is 2. The zero-order valence-corrected chi connectivity index (χ0v) is 18.9. The fraction of sp³-hybridized carbons (Fsp3) is 0.348. The zero-order valence-electron chi connectivity index (χ0n) is 17.1. The predicted molar refractivity (Wildman–Crippen MR) is 119 cm³/mol. The van der Waals surface area contributed by atoms with E-state index in [1.54, 1.807) is 6.07 Å². The van der Waals surface area contributed by atoms with E-state index in [0.29, 0.717) is 18.5 Å². The average molecular weight is 432 g/mol. The van der Waals surface area contributed by atoms with Gasteiger partial charge in [-0.25, -0.2) is 9.18 Å². The molecule has 0 unspecified atom stereocenters. The van der Waals surface area contributed by atoms with Gasteiger partial charge >= 0.3 is 6.09 Å². The summed E-state index contributed by atoms with van der Waals surface area (Å²) in [6, 6.07) is 12.9. The molecular weight excluding hydrogens is 405 g/mol. The van der Waals surface area contributed by atoms with E-state index in [1.165, 1.54) is 0 Å². The third-order valence-corrected chi connectivity index (χ3v) is 5.27. The van der Waals surface area contributed by atoms with E-state index in [2.05, 4.69) is 36.4 Å². The molecule has 2 aromatic rings. The standard InChI is InChI=1S/C23H27ClFNO2Si/c1-29(2,3)16-14-20-19(12-13-21(24)22(20)25)11-7-8-15-26-23(27)28-17-18-9-5-4-6-10-18/h4-6,9-10,12-13H,7-8,11,15,17H2,1-3H3,(H,26,27). The van der Waals surface area contributed by atoms with E-state index in [1.807, 2.05) is 36.4 Å². The second kappa shape index (κ2) is 11.0. The summed E-state index contributed by atoms with van der Waals surface area (Å²) in [7, 11) is -1.62. The number of carbonyl (C=O) groups excluding carboxylic acids is 1. The summed E-state index contributed by atoms with van der Waals surface area (Å²) in [5.41, 5.74) is 5.40. The molecule has 1 amide bonds. The average Bonchev–Trinajstić information content (AvgIpc) is 2.68. The van der Waals surface area contributed by atoms with Crippen molar-refractivity contribution in [2.24, 2.45) is 0 Å². The lowest BCUT2D eigenvalue weighted by atomic mass is 10.0. The van der Waals surface area contributed by atoms with E-state index < -0.39 is 20.0 Å². The summed E-state index contributed by atoms with van der Waals surface area (Å²) >= 11 is 5.94. The van der Waals surface area contributed by atoms with Gasteiger partial charge in [0.15, 0.2) is 5.82 Å². The SMILES string of the molecule is C[Si](C)(C)C#Cc1c(CCCCNC(=O)OCc2ccccc2)ccc(Cl)c1F. The molecule has 3 nitrogen and oxygen atoms in total. The van der Waals surface area contributed by atoms with Crippen LogP contribution in [0.25, 0.3) is 0 Å². The largest absolute Gasteiger partial charge is 0.445 e. The topological polar surface area (TPSA) is 38.3 Å². The number of rotatable bonds is 7. The van der Waals surface area contributed by atoms with Gasteiger partial charge in [0.05, 0.1) is 10.6 Å². The smallest absolute Gasteiger partial charge is 0.407 e. The van der Waals surface area contributed by atoms with Crippen LogP contribution in [-0.4, -0.2) is 20.7 Å². The first-order valence-electron chi connectivity index (χ1n) is 9.71. The van der Waals surface area contributed by atoms with Crippen LogP contribution in [-0.2, 0) is 17.8 Å². The Kier molecular flexibility index (Phi) is 8.75. The third-order valence-electron chi connectivity index (χ3n) is 4.10. The molecule has 0 saturated heterocycles. The van der Waals surface area contributed by atoms with Crippen LogP contribution in [0.15, 0.2) is 42.5 Å². The molecule has 1 N–H and O–H groups in total. The second-order valence-corrected chi connectivity index (χ2v) is 13.0. The third kappa shape index (κ3) is 8.31. The fourth-order valence-corrected chi connectivity index (χ4v) is 3.25. The number of carbonyl (C=O) groups is 1. The Hall–Kier alpha value is -2.29. The summed E-state index contributed by atoms with van der Waals surface area (Å²) in [6.45, 7) is 7.09. The van der Waals surface area contributed by atoms with E-state index in [-0.39, 0.29) is 11.6 Å². The molecule has 6 heteroatoms.